The summed E-state index contributed by atoms with van der Waals surface area (Å²) in [5.74, 6) is 1.21. The van der Waals surface area contributed by atoms with Gasteiger partial charge in [0.25, 0.3) is 0 Å². The highest BCUT2D eigenvalue weighted by atomic mass is 19.1. The van der Waals surface area contributed by atoms with Crippen molar-refractivity contribution < 1.29 is 13.9 Å². The number of hydrogen-bond acceptors (Lipinski definition) is 3. The minimum Gasteiger partial charge on any atom is -0.497 e. The largest absolute Gasteiger partial charge is 0.497 e. The molecule has 29 heavy (non-hydrogen) atoms. The molecule has 0 amide bonds. The number of nitrogens with zero attached hydrogens (tertiary/aromatic N) is 1. The molecule has 4 heteroatoms. The quantitative estimate of drug-likeness (QED) is 0.364. The molecule has 0 fully saturated rings. The fraction of sp³-hybridized carbons (Fsp3) is 0.0800. The van der Waals surface area contributed by atoms with Crippen molar-refractivity contribution in [1.29, 1.82) is 0 Å². The Morgan fingerprint density at radius 3 is 2.52 bits per heavy atom. The summed E-state index contributed by atoms with van der Waals surface area (Å²) in [7, 11) is 1.64. The van der Waals surface area contributed by atoms with E-state index in [-0.39, 0.29) is 12.4 Å². The van der Waals surface area contributed by atoms with Crippen LogP contribution in [0.5, 0.6) is 11.5 Å². The van der Waals surface area contributed by atoms with Gasteiger partial charge in [0, 0.05) is 11.8 Å². The van der Waals surface area contributed by atoms with Crippen LogP contribution >= 0.6 is 0 Å². The van der Waals surface area contributed by atoms with Crippen molar-refractivity contribution in [2.24, 2.45) is 4.99 Å². The zero-order chi connectivity index (χ0) is 20.1. The lowest BCUT2D eigenvalue weighted by Crippen LogP contribution is -1.99. The number of methoxy groups -OCH3 is 1. The molecule has 0 radical (unpaired) electrons. The molecule has 0 saturated carbocycles. The SMILES string of the molecule is COc1ccc(N=Cc2c(OCc3cccc(F)c3)ccc3ccccc23)cc1. The molecule has 0 aliphatic carbocycles. The first-order chi connectivity index (χ1) is 14.2. The fourth-order valence-electron chi connectivity index (χ4n) is 3.13. The molecule has 0 bridgehead atoms. The van der Waals surface area contributed by atoms with Crippen molar-refractivity contribution in [2.75, 3.05) is 7.11 Å². The van der Waals surface area contributed by atoms with Gasteiger partial charge in [0.2, 0.25) is 0 Å². The Labute approximate surface area is 169 Å². The van der Waals surface area contributed by atoms with Crippen LogP contribution in [0.2, 0.25) is 0 Å². The van der Waals surface area contributed by atoms with Gasteiger partial charge in [-0.15, -0.1) is 0 Å². The van der Waals surface area contributed by atoms with Gasteiger partial charge in [0.1, 0.15) is 23.9 Å². The van der Waals surface area contributed by atoms with Crippen LogP contribution in [-0.4, -0.2) is 13.3 Å². The Morgan fingerprint density at radius 2 is 1.72 bits per heavy atom. The molecule has 0 saturated heterocycles. The Kier molecular flexibility index (Phi) is 5.52. The lowest BCUT2D eigenvalue weighted by Gasteiger charge is -2.12. The van der Waals surface area contributed by atoms with Gasteiger partial charge in [-0.05, 0) is 58.8 Å². The highest BCUT2D eigenvalue weighted by Gasteiger charge is 2.08. The third kappa shape index (κ3) is 4.43. The van der Waals surface area contributed by atoms with Gasteiger partial charge in [-0.2, -0.15) is 0 Å². The summed E-state index contributed by atoms with van der Waals surface area (Å²) >= 11 is 0. The van der Waals surface area contributed by atoms with Gasteiger partial charge in [0.15, 0.2) is 0 Å². The molecular weight excluding hydrogens is 365 g/mol. The van der Waals surface area contributed by atoms with Crippen molar-refractivity contribution in [1.82, 2.24) is 0 Å². The molecule has 0 aromatic heterocycles. The number of aliphatic imine (C=N–C) groups is 1. The molecule has 0 N–H and O–H groups in total. The zero-order valence-corrected chi connectivity index (χ0v) is 16.0. The zero-order valence-electron chi connectivity index (χ0n) is 16.0. The van der Waals surface area contributed by atoms with E-state index in [1.165, 1.54) is 12.1 Å². The van der Waals surface area contributed by atoms with E-state index in [0.29, 0.717) is 5.75 Å². The number of halogens is 1. The minimum atomic E-state index is -0.272. The second-order valence-electron chi connectivity index (χ2n) is 6.57. The number of rotatable bonds is 6. The van der Waals surface area contributed by atoms with Crippen LogP contribution in [0.1, 0.15) is 11.1 Å². The maximum absolute atomic E-state index is 13.5. The predicted octanol–water partition coefficient (Wildman–Crippen LogP) is 6.32. The average molecular weight is 385 g/mol. The standard InChI is InChI=1S/C25H20FNO2/c1-28-22-12-10-21(11-13-22)27-16-24-23-8-3-2-6-19(23)9-14-25(24)29-17-18-5-4-7-20(26)15-18/h2-16H,17H2,1H3. The van der Waals surface area contributed by atoms with Gasteiger partial charge < -0.3 is 9.47 Å². The molecular formula is C25H20FNO2. The minimum absolute atomic E-state index is 0.272. The molecule has 0 atom stereocenters. The summed E-state index contributed by atoms with van der Waals surface area (Å²) < 4.78 is 24.7. The summed E-state index contributed by atoms with van der Waals surface area (Å²) in [6, 6.07) is 26.0. The topological polar surface area (TPSA) is 30.8 Å². The van der Waals surface area contributed by atoms with Crippen LogP contribution in [0.15, 0.2) is 89.9 Å². The summed E-state index contributed by atoms with van der Waals surface area (Å²) in [5.41, 5.74) is 2.47. The van der Waals surface area contributed by atoms with Crippen molar-refractivity contribution in [3.05, 3.63) is 102 Å². The molecule has 4 aromatic carbocycles. The Morgan fingerprint density at radius 1 is 0.897 bits per heavy atom. The second kappa shape index (κ2) is 8.57. The highest BCUT2D eigenvalue weighted by molar-refractivity contribution is 6.03. The van der Waals surface area contributed by atoms with E-state index in [1.54, 1.807) is 13.2 Å². The second-order valence-corrected chi connectivity index (χ2v) is 6.57. The molecule has 0 aliphatic rings. The molecule has 4 rings (SSSR count). The number of fused-ring (bicyclic) bond motifs is 1. The Hall–Kier alpha value is -3.66. The normalized spacial score (nSPS) is 11.1. The van der Waals surface area contributed by atoms with Crippen LogP contribution in [-0.2, 0) is 6.61 Å². The molecule has 4 aromatic rings. The molecule has 144 valence electrons. The summed E-state index contributed by atoms with van der Waals surface area (Å²) in [6.45, 7) is 0.277. The summed E-state index contributed by atoms with van der Waals surface area (Å²) in [4.78, 5) is 4.61. The van der Waals surface area contributed by atoms with Crippen LogP contribution in [0.3, 0.4) is 0 Å². The van der Waals surface area contributed by atoms with E-state index in [2.05, 4.69) is 11.1 Å². The molecule has 3 nitrogen and oxygen atoms in total. The maximum Gasteiger partial charge on any atom is 0.129 e. The molecule has 0 heterocycles. The lowest BCUT2D eigenvalue weighted by molar-refractivity contribution is 0.305. The van der Waals surface area contributed by atoms with E-state index < -0.39 is 0 Å². The molecule has 0 spiro atoms. The van der Waals surface area contributed by atoms with Crippen molar-refractivity contribution in [3.63, 3.8) is 0 Å². The molecule has 0 aliphatic heterocycles. The van der Waals surface area contributed by atoms with E-state index in [9.17, 15) is 4.39 Å². The van der Waals surface area contributed by atoms with E-state index in [4.69, 9.17) is 9.47 Å². The summed E-state index contributed by atoms with van der Waals surface area (Å²) in [6.07, 6.45) is 1.81. The van der Waals surface area contributed by atoms with Crippen molar-refractivity contribution >= 4 is 22.7 Å². The van der Waals surface area contributed by atoms with Crippen molar-refractivity contribution in [2.45, 2.75) is 6.61 Å². The van der Waals surface area contributed by atoms with E-state index in [0.717, 1.165) is 33.3 Å². The number of benzene rings is 4. The maximum atomic E-state index is 13.5. The monoisotopic (exact) mass is 385 g/mol. The lowest BCUT2D eigenvalue weighted by atomic mass is 10.0. The third-order valence-corrected chi connectivity index (χ3v) is 4.63. The molecule has 0 unspecified atom stereocenters. The van der Waals surface area contributed by atoms with E-state index in [1.807, 2.05) is 66.9 Å². The Bertz CT molecular complexity index is 1150. The Balaban J connectivity index is 1.67. The smallest absolute Gasteiger partial charge is 0.129 e. The number of hydrogen-bond donors (Lipinski definition) is 0. The summed E-state index contributed by atoms with van der Waals surface area (Å²) in [5, 5.41) is 2.14. The van der Waals surface area contributed by atoms with E-state index >= 15 is 0 Å². The van der Waals surface area contributed by atoms with Gasteiger partial charge in [-0.3, -0.25) is 4.99 Å². The van der Waals surface area contributed by atoms with Gasteiger partial charge in [-0.1, -0.05) is 42.5 Å². The van der Waals surface area contributed by atoms with Crippen LogP contribution in [0.25, 0.3) is 10.8 Å². The third-order valence-electron chi connectivity index (χ3n) is 4.63. The van der Waals surface area contributed by atoms with Crippen LogP contribution in [0.4, 0.5) is 10.1 Å². The van der Waals surface area contributed by atoms with Gasteiger partial charge in [0.05, 0.1) is 12.8 Å². The van der Waals surface area contributed by atoms with Gasteiger partial charge >= 0.3 is 0 Å². The predicted molar refractivity (Wildman–Crippen MR) is 115 cm³/mol. The van der Waals surface area contributed by atoms with Crippen LogP contribution < -0.4 is 9.47 Å². The first-order valence-corrected chi connectivity index (χ1v) is 9.30. The van der Waals surface area contributed by atoms with Crippen molar-refractivity contribution in [3.8, 4) is 11.5 Å². The van der Waals surface area contributed by atoms with Crippen LogP contribution in [0, 0.1) is 5.82 Å². The first kappa shape index (κ1) is 18.7. The van der Waals surface area contributed by atoms with Gasteiger partial charge in [-0.25, -0.2) is 4.39 Å². The average Bonchev–Trinajstić information content (AvgIpc) is 2.77. The fourth-order valence-corrected chi connectivity index (χ4v) is 3.13. The number of ether oxygens (including phenoxy) is 2. The first-order valence-electron chi connectivity index (χ1n) is 9.30. The highest BCUT2D eigenvalue weighted by Crippen LogP contribution is 2.28.